The average molecular weight is 561 g/mol. The van der Waals surface area contributed by atoms with Crippen LogP contribution in [0.2, 0.25) is 0 Å². The van der Waals surface area contributed by atoms with Gasteiger partial charge in [0.2, 0.25) is 0 Å². The summed E-state index contributed by atoms with van der Waals surface area (Å²) in [6.07, 6.45) is 30.6. The number of allylic oxidation sites excluding steroid dienone is 5. The molecule has 0 spiro atoms. The van der Waals surface area contributed by atoms with Gasteiger partial charge in [0, 0.05) is 0 Å². The molecule has 0 aromatic rings. The fraction of sp³-hybridized carbons (Fsp3) is 0.724. The molecule has 0 aromatic heterocycles. The number of rotatable bonds is 11. The molecule has 3 aliphatic rings. The van der Waals surface area contributed by atoms with Crippen molar-refractivity contribution in [1.82, 2.24) is 0 Å². The third-order valence-electron chi connectivity index (χ3n) is 8.43. The third-order valence-corrected chi connectivity index (χ3v) is 8.43. The van der Waals surface area contributed by atoms with Gasteiger partial charge in [0.15, 0.2) is 0 Å². The van der Waals surface area contributed by atoms with Gasteiger partial charge in [0.1, 0.15) is 0 Å². The van der Waals surface area contributed by atoms with E-state index in [4.69, 9.17) is 17.0 Å². The van der Waals surface area contributed by atoms with E-state index in [1.165, 1.54) is 83.5 Å². The van der Waals surface area contributed by atoms with E-state index < -0.39 is 20.8 Å². The van der Waals surface area contributed by atoms with Crippen molar-refractivity contribution >= 4 is 17.0 Å². The van der Waals surface area contributed by atoms with Crippen molar-refractivity contribution in [3.8, 4) is 0 Å². The maximum absolute atomic E-state index is 4.93. The van der Waals surface area contributed by atoms with Crippen LogP contribution in [0.15, 0.2) is 37.0 Å². The first-order valence-electron chi connectivity index (χ1n) is 12.6. The van der Waals surface area contributed by atoms with Crippen LogP contribution in [-0.2, 0) is 20.8 Å². The summed E-state index contributed by atoms with van der Waals surface area (Å²) >= 11 is -0.826. The number of hydrogen-bond acceptors (Lipinski definition) is 0. The van der Waals surface area contributed by atoms with Gasteiger partial charge in [-0.2, -0.15) is 0 Å². The second-order valence-corrected chi connectivity index (χ2v) is 13.6. The van der Waals surface area contributed by atoms with E-state index in [2.05, 4.69) is 50.8 Å². The Hall–Kier alpha value is 0.683. The fourth-order valence-corrected chi connectivity index (χ4v) is 7.14. The summed E-state index contributed by atoms with van der Waals surface area (Å²) < 4.78 is 0. The van der Waals surface area contributed by atoms with E-state index in [1.807, 2.05) is 0 Å². The van der Waals surface area contributed by atoms with Crippen LogP contribution in [0.5, 0.6) is 0 Å². The number of fused-ring (bicyclic) bond motifs is 1. The van der Waals surface area contributed by atoms with Crippen LogP contribution < -0.4 is 0 Å². The summed E-state index contributed by atoms with van der Waals surface area (Å²) in [6.45, 7) is 8.80. The molecule has 4 atom stereocenters. The molecule has 32 heavy (non-hydrogen) atoms. The summed E-state index contributed by atoms with van der Waals surface area (Å²) in [5.41, 5.74) is 0.615. The Kier molecular flexibility index (Phi) is 18.4. The molecule has 3 aliphatic carbocycles. The second-order valence-electron chi connectivity index (χ2n) is 9.89. The predicted octanol–water partition coefficient (Wildman–Crippen LogP) is 10.8. The summed E-state index contributed by atoms with van der Waals surface area (Å²) in [5, 5.41) is 0. The van der Waals surface area contributed by atoms with Gasteiger partial charge in [-0.1, -0.05) is 82.8 Å². The summed E-state index contributed by atoms with van der Waals surface area (Å²) in [7, 11) is 9.87. The zero-order valence-electron chi connectivity index (χ0n) is 21.4. The standard InChI is InChI=1S/C27H44.2CH3.2ClH.Zr/c1-4-7-14-22-21-26(25-18-13-12-17-24(22)25)27(19-8-5-2,20-9-6-3)23-15-10-11-16-23;;;;;/h4,12-13,17-18,22-26H,1,5-11,14-16,19-21H2,2-3H3;2*1H3;2*1H;/q;2*-1;;;+4/p-2. The molecule has 0 saturated heterocycles. The predicted molar refractivity (Wildman–Crippen MR) is 144 cm³/mol. The summed E-state index contributed by atoms with van der Waals surface area (Å²) in [5.74, 6) is 4.39. The third kappa shape index (κ3) is 8.41. The molecule has 0 nitrogen and oxygen atoms in total. The summed E-state index contributed by atoms with van der Waals surface area (Å²) in [4.78, 5) is 0. The molecule has 2 fully saturated rings. The van der Waals surface area contributed by atoms with Crippen LogP contribution in [0.1, 0.15) is 97.3 Å². The van der Waals surface area contributed by atoms with E-state index in [1.54, 1.807) is 0 Å². The van der Waals surface area contributed by atoms with E-state index in [0.717, 1.165) is 29.6 Å². The van der Waals surface area contributed by atoms with Gasteiger partial charge in [-0.3, -0.25) is 0 Å². The number of halogens is 2. The molecule has 0 radical (unpaired) electrons. The molecule has 2 saturated carbocycles. The zero-order chi connectivity index (χ0) is 21.8. The quantitative estimate of drug-likeness (QED) is 0.174. The molecule has 0 bridgehead atoms. The first-order valence-corrected chi connectivity index (χ1v) is 18.9. The average Bonchev–Trinajstić information content (AvgIpc) is 3.43. The molecule has 0 heterocycles. The van der Waals surface area contributed by atoms with Crippen molar-refractivity contribution in [2.45, 2.75) is 97.3 Å². The van der Waals surface area contributed by atoms with Gasteiger partial charge in [-0.05, 0) is 80.0 Å². The summed E-state index contributed by atoms with van der Waals surface area (Å²) in [6, 6.07) is 0. The van der Waals surface area contributed by atoms with Gasteiger partial charge in [-0.25, -0.2) is 0 Å². The van der Waals surface area contributed by atoms with Crippen LogP contribution in [0, 0.1) is 49.9 Å². The van der Waals surface area contributed by atoms with Crippen molar-refractivity contribution < 1.29 is 20.8 Å². The molecular formula is C29H50Cl2Zr. The molecule has 3 rings (SSSR count). The van der Waals surface area contributed by atoms with Crippen LogP contribution in [0.25, 0.3) is 0 Å². The van der Waals surface area contributed by atoms with Gasteiger partial charge >= 0.3 is 37.9 Å². The van der Waals surface area contributed by atoms with E-state index in [0.29, 0.717) is 5.41 Å². The van der Waals surface area contributed by atoms with Crippen LogP contribution in [0.3, 0.4) is 0 Å². The van der Waals surface area contributed by atoms with Gasteiger partial charge in [0.05, 0.1) is 0 Å². The van der Waals surface area contributed by atoms with Crippen molar-refractivity contribution in [2.75, 3.05) is 0 Å². The monoisotopic (exact) mass is 558 g/mol. The van der Waals surface area contributed by atoms with Gasteiger partial charge in [-0.15, -0.1) is 6.58 Å². The molecule has 0 N–H and O–H groups in total. The van der Waals surface area contributed by atoms with E-state index in [-0.39, 0.29) is 14.9 Å². The number of hydrogen-bond donors (Lipinski definition) is 0. The zero-order valence-corrected chi connectivity index (χ0v) is 25.4. The minimum absolute atomic E-state index is 0. The SMILES string of the molecule is C=CCCC1CC(C(CCCC)(CCCC)C2CCCC2)C2C=CC=CC12.[CH3-].[CH3-].[Cl][Zr+2][Cl]. The van der Waals surface area contributed by atoms with Crippen molar-refractivity contribution in [1.29, 1.82) is 0 Å². The topological polar surface area (TPSA) is 0 Å². The molecule has 0 aliphatic heterocycles. The van der Waals surface area contributed by atoms with Crippen molar-refractivity contribution in [2.24, 2.45) is 35.0 Å². The molecule has 0 aromatic carbocycles. The Morgan fingerprint density at radius 1 is 0.969 bits per heavy atom. The Morgan fingerprint density at radius 3 is 2.00 bits per heavy atom. The van der Waals surface area contributed by atoms with Crippen molar-refractivity contribution in [3.05, 3.63) is 51.8 Å². The molecule has 3 heteroatoms. The normalized spacial score (nSPS) is 26.2. The van der Waals surface area contributed by atoms with Gasteiger partial charge in [0.25, 0.3) is 0 Å². The van der Waals surface area contributed by atoms with E-state index in [9.17, 15) is 0 Å². The fourth-order valence-electron chi connectivity index (χ4n) is 7.14. The Bertz CT molecular complexity index is 527. The molecular weight excluding hydrogens is 510 g/mol. The molecule has 184 valence electrons. The first-order chi connectivity index (χ1) is 14.7. The minimum atomic E-state index is -0.826. The Labute approximate surface area is 220 Å². The van der Waals surface area contributed by atoms with Gasteiger partial charge < -0.3 is 14.9 Å². The molecule has 0 amide bonds. The second kappa shape index (κ2) is 18.0. The Morgan fingerprint density at radius 2 is 1.50 bits per heavy atom. The van der Waals surface area contributed by atoms with Crippen LogP contribution in [-0.4, -0.2) is 0 Å². The Balaban J connectivity index is 0.00000182. The number of unbranched alkanes of at least 4 members (excludes halogenated alkanes) is 2. The first kappa shape index (κ1) is 32.7. The van der Waals surface area contributed by atoms with E-state index >= 15 is 0 Å². The van der Waals surface area contributed by atoms with Crippen LogP contribution >= 0.6 is 17.0 Å². The molecule has 4 unspecified atom stereocenters. The maximum atomic E-state index is 4.93. The van der Waals surface area contributed by atoms with Crippen molar-refractivity contribution in [3.63, 3.8) is 0 Å². The van der Waals surface area contributed by atoms with Crippen LogP contribution in [0.4, 0.5) is 0 Å².